The average Bonchev–Trinajstić information content (AvgIpc) is 3.18. The van der Waals surface area contributed by atoms with Crippen molar-refractivity contribution in [1.29, 1.82) is 0 Å². The number of nitrogens with zero attached hydrogens (tertiary/aromatic N) is 2. The average molecular weight is 402 g/mol. The maximum Gasteiger partial charge on any atom is 0.191 e. The monoisotopic (exact) mass is 402 g/mol. The number of halogens is 1. The Balaban J connectivity index is 0.00000220. The van der Waals surface area contributed by atoms with Crippen LogP contribution in [0.25, 0.3) is 0 Å². The molecule has 1 fully saturated rings. The zero-order valence-corrected chi connectivity index (χ0v) is 15.3. The van der Waals surface area contributed by atoms with Crippen molar-refractivity contribution in [2.45, 2.75) is 45.6 Å². The predicted octanol–water partition coefficient (Wildman–Crippen LogP) is 2.99. The van der Waals surface area contributed by atoms with E-state index in [-0.39, 0.29) is 24.0 Å². The molecule has 0 bridgehead atoms. The van der Waals surface area contributed by atoms with E-state index in [0.29, 0.717) is 6.04 Å². The molecule has 118 valence electrons. The van der Waals surface area contributed by atoms with Crippen LogP contribution in [0.3, 0.4) is 0 Å². The van der Waals surface area contributed by atoms with E-state index >= 15 is 0 Å². The molecular weight excluding hydrogens is 375 g/mol. The molecule has 0 radical (unpaired) electrons. The Morgan fingerprint density at radius 2 is 2.24 bits per heavy atom. The maximum atomic E-state index is 4.64. The third kappa shape index (κ3) is 6.63. The maximum absolute atomic E-state index is 4.64. The Labute approximate surface area is 145 Å². The fourth-order valence-electron chi connectivity index (χ4n) is 2.44. The van der Waals surface area contributed by atoms with Gasteiger partial charge in [0.25, 0.3) is 0 Å². The van der Waals surface area contributed by atoms with Crippen molar-refractivity contribution >= 4 is 29.9 Å². The van der Waals surface area contributed by atoms with Gasteiger partial charge in [0, 0.05) is 37.4 Å². The fourth-order valence-corrected chi connectivity index (χ4v) is 2.44. The number of nitrogens with one attached hydrogen (secondary N) is 2. The quantitative estimate of drug-likeness (QED) is 0.419. The summed E-state index contributed by atoms with van der Waals surface area (Å²) < 4.78 is 0. The van der Waals surface area contributed by atoms with E-state index in [1.54, 1.807) is 0 Å². The van der Waals surface area contributed by atoms with Gasteiger partial charge in [-0.1, -0.05) is 19.4 Å². The van der Waals surface area contributed by atoms with E-state index in [0.717, 1.165) is 37.1 Å². The second-order valence-corrected chi connectivity index (χ2v) is 5.37. The second-order valence-electron chi connectivity index (χ2n) is 5.37. The van der Waals surface area contributed by atoms with E-state index in [4.69, 9.17) is 0 Å². The summed E-state index contributed by atoms with van der Waals surface area (Å²) >= 11 is 0. The van der Waals surface area contributed by atoms with E-state index in [9.17, 15) is 0 Å². The highest BCUT2D eigenvalue weighted by Crippen LogP contribution is 2.34. The highest BCUT2D eigenvalue weighted by atomic mass is 127. The summed E-state index contributed by atoms with van der Waals surface area (Å²) in [6.45, 7) is 6.03. The minimum absolute atomic E-state index is 0. The third-order valence-corrected chi connectivity index (χ3v) is 3.61. The number of pyridine rings is 1. The van der Waals surface area contributed by atoms with Crippen molar-refractivity contribution in [1.82, 2.24) is 15.6 Å². The highest BCUT2D eigenvalue weighted by Gasteiger charge is 2.36. The summed E-state index contributed by atoms with van der Waals surface area (Å²) in [6.07, 6.45) is 6.61. The van der Waals surface area contributed by atoms with Crippen molar-refractivity contribution in [3.63, 3.8) is 0 Å². The van der Waals surface area contributed by atoms with E-state index in [1.807, 2.05) is 24.4 Å². The molecule has 1 aromatic heterocycles. The van der Waals surface area contributed by atoms with Gasteiger partial charge < -0.3 is 10.6 Å². The molecule has 2 N–H and O–H groups in total. The molecule has 4 nitrogen and oxygen atoms in total. The number of aromatic nitrogens is 1. The summed E-state index contributed by atoms with van der Waals surface area (Å²) in [5.74, 6) is 1.80. The lowest BCUT2D eigenvalue weighted by Gasteiger charge is -2.11. The van der Waals surface area contributed by atoms with Gasteiger partial charge in [0.05, 0.1) is 0 Å². The van der Waals surface area contributed by atoms with Gasteiger partial charge >= 0.3 is 0 Å². The van der Waals surface area contributed by atoms with Crippen LogP contribution in [0.2, 0.25) is 0 Å². The van der Waals surface area contributed by atoms with E-state index in [1.165, 1.54) is 19.3 Å². The van der Waals surface area contributed by atoms with Crippen molar-refractivity contribution in [2.24, 2.45) is 10.9 Å². The SMILES string of the molecule is CCCC1CC1NC(=NCCc1ccccn1)NCC.I. The molecule has 1 saturated carbocycles. The topological polar surface area (TPSA) is 49.3 Å². The Kier molecular flexibility index (Phi) is 8.64. The van der Waals surface area contributed by atoms with Crippen LogP contribution in [0.15, 0.2) is 29.4 Å². The lowest BCUT2D eigenvalue weighted by Crippen LogP contribution is -2.39. The van der Waals surface area contributed by atoms with E-state index < -0.39 is 0 Å². The summed E-state index contributed by atoms with van der Waals surface area (Å²) in [5.41, 5.74) is 1.10. The first kappa shape index (κ1) is 18.2. The van der Waals surface area contributed by atoms with Gasteiger partial charge in [-0.3, -0.25) is 9.98 Å². The van der Waals surface area contributed by atoms with E-state index in [2.05, 4.69) is 34.5 Å². The summed E-state index contributed by atoms with van der Waals surface area (Å²) in [5, 5.41) is 6.85. The highest BCUT2D eigenvalue weighted by molar-refractivity contribution is 14.0. The molecule has 0 amide bonds. The van der Waals surface area contributed by atoms with Crippen LogP contribution in [0.4, 0.5) is 0 Å². The Morgan fingerprint density at radius 3 is 2.90 bits per heavy atom. The van der Waals surface area contributed by atoms with Crippen LogP contribution in [0, 0.1) is 5.92 Å². The Hall–Kier alpha value is -0.850. The molecule has 0 aromatic carbocycles. The molecule has 1 aromatic rings. The van der Waals surface area contributed by atoms with Gasteiger partial charge in [-0.2, -0.15) is 0 Å². The van der Waals surface area contributed by atoms with Crippen molar-refractivity contribution in [3.8, 4) is 0 Å². The normalized spacial score (nSPS) is 20.6. The molecule has 0 aliphatic heterocycles. The summed E-state index contributed by atoms with van der Waals surface area (Å²) in [7, 11) is 0. The van der Waals surface area contributed by atoms with Gasteiger partial charge in [-0.15, -0.1) is 24.0 Å². The molecule has 5 heteroatoms. The van der Waals surface area contributed by atoms with Crippen LogP contribution >= 0.6 is 24.0 Å². The number of rotatable bonds is 7. The van der Waals surface area contributed by atoms with Crippen LogP contribution in [-0.2, 0) is 6.42 Å². The lowest BCUT2D eigenvalue weighted by molar-refractivity contribution is 0.655. The molecule has 0 spiro atoms. The van der Waals surface area contributed by atoms with Crippen LogP contribution in [-0.4, -0.2) is 30.1 Å². The Morgan fingerprint density at radius 1 is 1.38 bits per heavy atom. The van der Waals surface area contributed by atoms with Gasteiger partial charge in [0.15, 0.2) is 5.96 Å². The molecule has 1 aliphatic rings. The first-order valence-electron chi connectivity index (χ1n) is 7.78. The standard InChI is InChI=1S/C16H26N4.HI/c1-3-7-13-12-15(13)20-16(17-4-2)19-11-9-14-8-5-6-10-18-14;/h5-6,8,10,13,15H,3-4,7,9,11-12H2,1-2H3,(H2,17,19,20);1H. The summed E-state index contributed by atoms with van der Waals surface area (Å²) in [6, 6.07) is 6.64. The zero-order valence-electron chi connectivity index (χ0n) is 13.0. The molecule has 1 heterocycles. The van der Waals surface area contributed by atoms with Gasteiger partial charge in [-0.25, -0.2) is 0 Å². The molecule has 2 rings (SSSR count). The second kappa shape index (κ2) is 9.97. The van der Waals surface area contributed by atoms with Crippen LogP contribution in [0.1, 0.15) is 38.8 Å². The minimum Gasteiger partial charge on any atom is -0.357 e. The fraction of sp³-hybridized carbons (Fsp3) is 0.625. The van der Waals surface area contributed by atoms with Gasteiger partial charge in [-0.05, 0) is 37.8 Å². The van der Waals surface area contributed by atoms with Crippen molar-refractivity contribution in [3.05, 3.63) is 30.1 Å². The Bertz CT molecular complexity index is 422. The smallest absolute Gasteiger partial charge is 0.191 e. The first-order valence-corrected chi connectivity index (χ1v) is 7.78. The molecule has 1 aliphatic carbocycles. The van der Waals surface area contributed by atoms with Crippen molar-refractivity contribution < 1.29 is 0 Å². The molecule has 2 unspecified atom stereocenters. The minimum atomic E-state index is 0. The van der Waals surface area contributed by atoms with Gasteiger partial charge in [0.1, 0.15) is 0 Å². The lowest BCUT2D eigenvalue weighted by atomic mass is 10.2. The predicted molar refractivity (Wildman–Crippen MR) is 99.3 cm³/mol. The molecular formula is C16H27IN4. The molecule has 0 saturated heterocycles. The number of guanidine groups is 1. The van der Waals surface area contributed by atoms with Crippen molar-refractivity contribution in [2.75, 3.05) is 13.1 Å². The first-order chi connectivity index (χ1) is 9.83. The zero-order chi connectivity index (χ0) is 14.2. The third-order valence-electron chi connectivity index (χ3n) is 3.61. The van der Waals surface area contributed by atoms with Gasteiger partial charge in [0.2, 0.25) is 0 Å². The van der Waals surface area contributed by atoms with Crippen LogP contribution in [0.5, 0.6) is 0 Å². The largest absolute Gasteiger partial charge is 0.357 e. The number of aliphatic imine (C=N–C) groups is 1. The number of hydrogen-bond donors (Lipinski definition) is 2. The number of hydrogen-bond acceptors (Lipinski definition) is 2. The molecule has 21 heavy (non-hydrogen) atoms. The summed E-state index contributed by atoms with van der Waals surface area (Å²) in [4.78, 5) is 8.96. The molecule has 2 atom stereocenters. The van der Waals surface area contributed by atoms with Crippen LogP contribution < -0.4 is 10.6 Å².